The predicted molar refractivity (Wildman–Crippen MR) is 157 cm³/mol. The first-order valence-corrected chi connectivity index (χ1v) is 15.1. The van der Waals surface area contributed by atoms with E-state index in [-0.39, 0.29) is 27.5 Å². The zero-order valence-electron chi connectivity index (χ0n) is 22.6. The second-order valence-electron chi connectivity index (χ2n) is 9.60. The molecule has 3 rings (SSSR count). The summed E-state index contributed by atoms with van der Waals surface area (Å²) in [5, 5.41) is 2.51. The van der Waals surface area contributed by atoms with Gasteiger partial charge in [-0.05, 0) is 68.8 Å². The van der Waals surface area contributed by atoms with E-state index in [1.54, 1.807) is 26.0 Å². The van der Waals surface area contributed by atoms with Crippen LogP contribution < -0.4 is 9.62 Å². The number of carbonyl (C=O) groups excluding carboxylic acids is 2. The Bertz CT molecular complexity index is 1550. The topological polar surface area (TPSA) is 86.8 Å². The molecule has 0 aliphatic rings. The molecular formula is C28H27Cl3F3N3O4S. The quantitative estimate of drug-likeness (QED) is 0.258. The van der Waals surface area contributed by atoms with Crippen molar-refractivity contribution < 1.29 is 31.2 Å². The second-order valence-corrected chi connectivity index (χ2v) is 12.7. The number of halogens is 6. The van der Waals surface area contributed by atoms with Gasteiger partial charge in [0.1, 0.15) is 12.6 Å². The average Bonchev–Trinajstić information content (AvgIpc) is 2.91. The van der Waals surface area contributed by atoms with E-state index in [4.69, 9.17) is 34.8 Å². The van der Waals surface area contributed by atoms with Crippen LogP contribution in [-0.4, -0.2) is 43.8 Å². The molecule has 0 unspecified atom stereocenters. The number of anilines is 1. The average molecular weight is 665 g/mol. The van der Waals surface area contributed by atoms with Crippen molar-refractivity contribution in [3.8, 4) is 0 Å². The lowest BCUT2D eigenvalue weighted by Gasteiger charge is -2.32. The van der Waals surface area contributed by atoms with E-state index in [1.807, 2.05) is 0 Å². The molecule has 1 N–H and O–H groups in total. The molecule has 0 bridgehead atoms. The Morgan fingerprint density at radius 3 is 2.07 bits per heavy atom. The summed E-state index contributed by atoms with van der Waals surface area (Å²) in [7, 11) is -4.57. The van der Waals surface area contributed by atoms with Gasteiger partial charge in [-0.3, -0.25) is 13.9 Å². The van der Waals surface area contributed by atoms with E-state index in [2.05, 4.69) is 5.32 Å². The number of hydrogen-bond acceptors (Lipinski definition) is 4. The molecule has 226 valence electrons. The van der Waals surface area contributed by atoms with Gasteiger partial charge in [-0.2, -0.15) is 13.2 Å². The molecular weight excluding hydrogens is 638 g/mol. The van der Waals surface area contributed by atoms with Gasteiger partial charge >= 0.3 is 6.18 Å². The third-order valence-corrected chi connectivity index (χ3v) is 8.95. The highest BCUT2D eigenvalue weighted by atomic mass is 35.5. The number of amides is 2. The minimum absolute atomic E-state index is 0.184. The molecule has 0 saturated heterocycles. The van der Waals surface area contributed by atoms with Gasteiger partial charge in [-0.25, -0.2) is 8.42 Å². The molecule has 0 aliphatic carbocycles. The highest BCUT2D eigenvalue weighted by Gasteiger charge is 2.37. The third kappa shape index (κ3) is 8.09. The van der Waals surface area contributed by atoms with Gasteiger partial charge in [-0.1, -0.05) is 59.1 Å². The molecule has 0 aromatic heterocycles. The van der Waals surface area contributed by atoms with Crippen molar-refractivity contribution >= 4 is 62.3 Å². The maximum absolute atomic E-state index is 13.9. The molecule has 3 aromatic rings. The van der Waals surface area contributed by atoms with Crippen molar-refractivity contribution in [3.05, 3.63) is 92.9 Å². The molecule has 3 aromatic carbocycles. The van der Waals surface area contributed by atoms with Gasteiger partial charge in [-0.15, -0.1) is 0 Å². The Morgan fingerprint density at radius 1 is 0.881 bits per heavy atom. The number of nitrogens with zero attached hydrogens (tertiary/aromatic N) is 2. The van der Waals surface area contributed by atoms with Gasteiger partial charge in [0.15, 0.2) is 0 Å². The molecule has 2 amide bonds. The van der Waals surface area contributed by atoms with Crippen LogP contribution >= 0.6 is 34.8 Å². The van der Waals surface area contributed by atoms with Crippen LogP contribution in [0.1, 0.15) is 31.9 Å². The zero-order chi connectivity index (χ0) is 31.4. The molecule has 0 saturated carbocycles. The lowest BCUT2D eigenvalue weighted by atomic mass is 10.1. The monoisotopic (exact) mass is 663 g/mol. The molecule has 0 radical (unpaired) electrons. The van der Waals surface area contributed by atoms with Gasteiger partial charge in [0.25, 0.3) is 10.0 Å². The SMILES string of the molecule is CC(C)NC(=O)[C@H](C)N(Cc1ccc(Cl)c(Cl)c1)C(=O)CN(c1ccc(Cl)c(C(F)(F)F)c1)S(=O)(=O)c1ccccc1. The number of rotatable bonds is 10. The van der Waals surface area contributed by atoms with E-state index in [0.29, 0.717) is 15.9 Å². The Labute approximate surface area is 257 Å². The first-order valence-electron chi connectivity index (χ1n) is 12.5. The first-order chi connectivity index (χ1) is 19.5. The molecule has 42 heavy (non-hydrogen) atoms. The first kappa shape index (κ1) is 33.5. The van der Waals surface area contributed by atoms with Gasteiger partial charge in [0, 0.05) is 12.6 Å². The molecule has 7 nitrogen and oxygen atoms in total. The smallest absolute Gasteiger partial charge is 0.352 e. The maximum atomic E-state index is 13.9. The third-order valence-electron chi connectivity index (χ3n) is 6.09. The van der Waals surface area contributed by atoms with Crippen molar-refractivity contribution in [3.63, 3.8) is 0 Å². The summed E-state index contributed by atoms with van der Waals surface area (Å²) < 4.78 is 69.2. The largest absolute Gasteiger partial charge is 0.417 e. The minimum atomic E-state index is -4.90. The molecule has 14 heteroatoms. The highest BCUT2D eigenvalue weighted by molar-refractivity contribution is 7.92. The minimum Gasteiger partial charge on any atom is -0.352 e. The summed E-state index contributed by atoms with van der Waals surface area (Å²) in [5.74, 6) is -1.39. The Balaban J connectivity index is 2.12. The summed E-state index contributed by atoms with van der Waals surface area (Å²) >= 11 is 17.9. The van der Waals surface area contributed by atoms with Crippen LogP contribution in [0.25, 0.3) is 0 Å². The molecule has 0 heterocycles. The van der Waals surface area contributed by atoms with Crippen molar-refractivity contribution in [1.82, 2.24) is 10.2 Å². The Morgan fingerprint density at radius 2 is 1.50 bits per heavy atom. The number of sulfonamides is 1. The predicted octanol–water partition coefficient (Wildman–Crippen LogP) is 6.80. The number of nitrogens with one attached hydrogen (secondary N) is 1. The fourth-order valence-electron chi connectivity index (χ4n) is 3.96. The van der Waals surface area contributed by atoms with E-state index in [9.17, 15) is 31.2 Å². The van der Waals surface area contributed by atoms with Crippen molar-refractivity contribution in [2.75, 3.05) is 10.8 Å². The molecule has 0 aliphatic heterocycles. The number of hydrogen-bond donors (Lipinski definition) is 1. The Hall–Kier alpha value is -2.99. The summed E-state index contributed by atoms with van der Waals surface area (Å²) in [4.78, 5) is 27.7. The molecule has 0 spiro atoms. The van der Waals surface area contributed by atoms with Crippen LogP contribution in [0.4, 0.5) is 18.9 Å². The van der Waals surface area contributed by atoms with E-state index >= 15 is 0 Å². The number of benzene rings is 3. The highest BCUT2D eigenvalue weighted by Crippen LogP contribution is 2.38. The normalized spacial score (nSPS) is 12.6. The van der Waals surface area contributed by atoms with Crippen LogP contribution in [0.15, 0.2) is 71.6 Å². The summed E-state index contributed by atoms with van der Waals surface area (Å²) in [5.41, 5.74) is -1.25. The lowest BCUT2D eigenvalue weighted by molar-refractivity contribution is -0.139. The van der Waals surface area contributed by atoms with Gasteiger partial charge in [0.2, 0.25) is 11.8 Å². The van der Waals surface area contributed by atoms with E-state index in [0.717, 1.165) is 17.0 Å². The summed E-state index contributed by atoms with van der Waals surface area (Å²) in [6.45, 7) is 3.78. The molecule has 1 atom stereocenters. The fraction of sp³-hybridized carbons (Fsp3) is 0.286. The fourth-order valence-corrected chi connectivity index (χ4v) is 5.93. The second kappa shape index (κ2) is 13.5. The van der Waals surface area contributed by atoms with Crippen LogP contribution in [-0.2, 0) is 32.3 Å². The van der Waals surface area contributed by atoms with Crippen molar-refractivity contribution in [2.45, 2.75) is 50.5 Å². The maximum Gasteiger partial charge on any atom is 0.417 e. The van der Waals surface area contributed by atoms with Crippen molar-refractivity contribution in [2.24, 2.45) is 0 Å². The standard InChI is InChI=1S/C28H27Cl3F3N3O4S/c1-17(2)35-27(39)18(3)36(15-19-9-11-24(30)25(31)13-19)26(38)16-37(42(40,41)21-7-5-4-6-8-21)20-10-12-23(29)22(14-20)28(32,33)34/h4-14,17-18H,15-16H2,1-3H3,(H,35,39)/t18-/m0/s1. The Kier molecular flexibility index (Phi) is 10.8. The van der Waals surface area contributed by atoms with Crippen LogP contribution in [0.2, 0.25) is 15.1 Å². The van der Waals surface area contributed by atoms with E-state index in [1.165, 1.54) is 43.3 Å². The van der Waals surface area contributed by atoms with Gasteiger partial charge < -0.3 is 10.2 Å². The lowest BCUT2D eigenvalue weighted by Crippen LogP contribution is -2.52. The van der Waals surface area contributed by atoms with Crippen LogP contribution in [0.3, 0.4) is 0 Å². The van der Waals surface area contributed by atoms with Gasteiger partial charge in [0.05, 0.1) is 31.2 Å². The van der Waals surface area contributed by atoms with Crippen LogP contribution in [0.5, 0.6) is 0 Å². The summed E-state index contributed by atoms with van der Waals surface area (Å²) in [6, 6.07) is 12.7. The summed E-state index contributed by atoms with van der Waals surface area (Å²) in [6.07, 6.45) is -4.90. The van der Waals surface area contributed by atoms with Crippen LogP contribution in [0, 0.1) is 0 Å². The number of carbonyl (C=O) groups is 2. The van der Waals surface area contributed by atoms with E-state index < -0.39 is 56.9 Å². The zero-order valence-corrected chi connectivity index (χ0v) is 25.7. The molecule has 0 fully saturated rings. The van der Waals surface area contributed by atoms with Crippen molar-refractivity contribution in [1.29, 1.82) is 0 Å². The number of alkyl halides is 3.